The highest BCUT2D eigenvalue weighted by Crippen LogP contribution is 2.24. The van der Waals surface area contributed by atoms with Crippen LogP contribution >= 0.6 is 0 Å². The van der Waals surface area contributed by atoms with E-state index < -0.39 is 8.56 Å². The number of hydrogen-bond donors (Lipinski definition) is 0. The highest BCUT2D eigenvalue weighted by Gasteiger charge is 2.35. The summed E-state index contributed by atoms with van der Waals surface area (Å²) in [5.74, 6) is 1.79. The van der Waals surface area contributed by atoms with Crippen molar-refractivity contribution in [3.05, 3.63) is 60.7 Å². The van der Waals surface area contributed by atoms with Gasteiger partial charge in [-0.1, -0.05) is 49.7 Å². The van der Waals surface area contributed by atoms with Crippen molar-refractivity contribution in [3.8, 4) is 11.5 Å². The van der Waals surface area contributed by atoms with E-state index in [1.54, 1.807) is 0 Å². The van der Waals surface area contributed by atoms with Crippen molar-refractivity contribution in [3.63, 3.8) is 0 Å². The molecule has 0 radical (unpaired) electrons. The Kier molecular flexibility index (Phi) is 5.24. The second-order valence-electron chi connectivity index (χ2n) is 5.07. The molecule has 3 heteroatoms. The maximum atomic E-state index is 6.22. The molecule has 0 atom stereocenters. The second-order valence-corrected chi connectivity index (χ2v) is 8.24. The van der Waals surface area contributed by atoms with Gasteiger partial charge in [-0.2, -0.15) is 0 Å². The van der Waals surface area contributed by atoms with Crippen LogP contribution in [0.15, 0.2) is 60.7 Å². The zero-order chi connectivity index (χ0) is 14.3. The van der Waals surface area contributed by atoms with E-state index in [0.29, 0.717) is 0 Å². The van der Waals surface area contributed by atoms with Gasteiger partial charge in [0.1, 0.15) is 11.5 Å². The highest BCUT2D eigenvalue weighted by molar-refractivity contribution is 6.67. The fraction of sp³-hybridized carbons (Fsp3) is 0.294. The molecule has 0 fully saturated rings. The molecule has 106 valence electrons. The van der Waals surface area contributed by atoms with Crippen LogP contribution in [0, 0.1) is 0 Å². The fourth-order valence-corrected chi connectivity index (χ4v) is 4.61. The number of rotatable bonds is 7. The fourth-order valence-electron chi connectivity index (χ4n) is 2.10. The first-order valence-corrected chi connectivity index (χ1v) is 9.72. The predicted octanol–water partition coefficient (Wildman–Crippen LogP) is 5.02. The minimum Gasteiger partial charge on any atom is -0.512 e. The largest absolute Gasteiger partial charge is 0.512 e. The van der Waals surface area contributed by atoms with Gasteiger partial charge in [-0.25, -0.2) is 0 Å². The molecule has 2 nitrogen and oxygen atoms in total. The third kappa shape index (κ3) is 4.42. The summed E-state index contributed by atoms with van der Waals surface area (Å²) in [4.78, 5) is 0. The van der Waals surface area contributed by atoms with Crippen LogP contribution in [-0.2, 0) is 0 Å². The van der Waals surface area contributed by atoms with Gasteiger partial charge in [0.2, 0.25) is 0 Å². The van der Waals surface area contributed by atoms with Crippen molar-refractivity contribution < 1.29 is 8.85 Å². The Bertz CT molecular complexity index is 457. The van der Waals surface area contributed by atoms with Crippen LogP contribution in [0.4, 0.5) is 0 Å². The van der Waals surface area contributed by atoms with Gasteiger partial charge in [0.25, 0.3) is 0 Å². The molecule has 0 amide bonds. The molecule has 0 aliphatic carbocycles. The summed E-state index contributed by atoms with van der Waals surface area (Å²) in [7, 11) is -2.25. The number of unbranched alkanes of at least 4 members (excludes halogenated alkanes) is 1. The van der Waals surface area contributed by atoms with Crippen LogP contribution in [0.2, 0.25) is 12.6 Å². The minimum absolute atomic E-state index is 0.897. The van der Waals surface area contributed by atoms with E-state index in [1.165, 1.54) is 0 Å². The minimum atomic E-state index is -2.25. The Morgan fingerprint density at radius 1 is 0.800 bits per heavy atom. The summed E-state index contributed by atoms with van der Waals surface area (Å²) >= 11 is 0. The van der Waals surface area contributed by atoms with Crippen LogP contribution in [0.1, 0.15) is 19.8 Å². The molecule has 2 rings (SSSR count). The average molecular weight is 286 g/mol. The van der Waals surface area contributed by atoms with Crippen LogP contribution in [0.3, 0.4) is 0 Å². The standard InChI is InChI=1S/C17H22O2Si/c1-3-4-15-20(2,18-16-11-7-5-8-12-16)19-17-13-9-6-10-14-17/h5-14H,3-4,15H2,1-2H3. The Morgan fingerprint density at radius 3 is 1.65 bits per heavy atom. The number of benzene rings is 2. The lowest BCUT2D eigenvalue weighted by Gasteiger charge is -2.28. The van der Waals surface area contributed by atoms with Crippen molar-refractivity contribution in [2.45, 2.75) is 32.4 Å². The highest BCUT2D eigenvalue weighted by atomic mass is 28.4. The molecule has 0 spiro atoms. The van der Waals surface area contributed by atoms with Gasteiger partial charge in [0.05, 0.1) is 0 Å². The first kappa shape index (κ1) is 14.7. The molecule has 0 aliphatic heterocycles. The zero-order valence-corrected chi connectivity index (χ0v) is 13.2. The van der Waals surface area contributed by atoms with E-state index in [4.69, 9.17) is 8.85 Å². The van der Waals surface area contributed by atoms with Crippen molar-refractivity contribution in [2.24, 2.45) is 0 Å². The van der Waals surface area contributed by atoms with Crippen LogP contribution < -0.4 is 8.85 Å². The third-order valence-electron chi connectivity index (χ3n) is 3.14. The molecule has 2 aromatic rings. The summed E-state index contributed by atoms with van der Waals surface area (Å²) in [6.07, 6.45) is 2.28. The summed E-state index contributed by atoms with van der Waals surface area (Å²) in [5, 5.41) is 0. The summed E-state index contributed by atoms with van der Waals surface area (Å²) in [6.45, 7) is 4.34. The lowest BCUT2D eigenvalue weighted by atomic mass is 10.3. The van der Waals surface area contributed by atoms with Crippen LogP contribution in [-0.4, -0.2) is 8.56 Å². The molecule has 20 heavy (non-hydrogen) atoms. The molecule has 0 heterocycles. The van der Waals surface area contributed by atoms with Gasteiger partial charge in [0.15, 0.2) is 0 Å². The van der Waals surface area contributed by atoms with Crippen molar-refractivity contribution in [1.82, 2.24) is 0 Å². The Hall–Kier alpha value is -1.74. The lowest BCUT2D eigenvalue weighted by molar-refractivity contribution is 0.385. The maximum absolute atomic E-state index is 6.22. The van der Waals surface area contributed by atoms with E-state index in [9.17, 15) is 0 Å². The van der Waals surface area contributed by atoms with E-state index in [2.05, 4.69) is 13.5 Å². The van der Waals surface area contributed by atoms with Gasteiger partial charge in [-0.05, 0) is 30.7 Å². The zero-order valence-electron chi connectivity index (χ0n) is 12.2. The molecule has 0 N–H and O–H groups in total. The second kappa shape index (κ2) is 7.15. The SMILES string of the molecule is CCCC[Si](C)(Oc1ccccc1)Oc1ccccc1. The summed E-state index contributed by atoms with van der Waals surface area (Å²) < 4.78 is 12.4. The molecule has 0 aromatic heterocycles. The Morgan fingerprint density at radius 2 is 1.25 bits per heavy atom. The van der Waals surface area contributed by atoms with Gasteiger partial charge >= 0.3 is 8.56 Å². The van der Waals surface area contributed by atoms with Crippen molar-refractivity contribution in [2.75, 3.05) is 0 Å². The Balaban J connectivity index is 2.12. The average Bonchev–Trinajstić information content (AvgIpc) is 2.47. The summed E-state index contributed by atoms with van der Waals surface area (Å²) in [5.41, 5.74) is 0. The molecule has 0 saturated heterocycles. The van der Waals surface area contributed by atoms with Crippen molar-refractivity contribution in [1.29, 1.82) is 0 Å². The van der Waals surface area contributed by atoms with E-state index in [1.807, 2.05) is 60.7 Å². The maximum Gasteiger partial charge on any atom is 0.457 e. The first-order chi connectivity index (χ1) is 9.72. The number of hydrogen-bond acceptors (Lipinski definition) is 2. The van der Waals surface area contributed by atoms with Crippen LogP contribution in [0.25, 0.3) is 0 Å². The molecule has 2 aromatic carbocycles. The van der Waals surface area contributed by atoms with Gasteiger partial charge in [0, 0.05) is 12.6 Å². The Labute approximate surface area is 122 Å². The monoisotopic (exact) mass is 286 g/mol. The van der Waals surface area contributed by atoms with Gasteiger partial charge in [-0.15, -0.1) is 0 Å². The number of para-hydroxylation sites is 2. The molecule has 0 unspecified atom stereocenters. The topological polar surface area (TPSA) is 18.5 Å². The third-order valence-corrected chi connectivity index (χ3v) is 5.74. The molecule has 0 saturated carbocycles. The van der Waals surface area contributed by atoms with Gasteiger partial charge in [-0.3, -0.25) is 0 Å². The van der Waals surface area contributed by atoms with Crippen LogP contribution in [0.5, 0.6) is 11.5 Å². The van der Waals surface area contributed by atoms with E-state index in [0.717, 1.165) is 30.4 Å². The molecule has 0 aliphatic rings. The summed E-state index contributed by atoms with van der Waals surface area (Å²) in [6, 6.07) is 20.9. The lowest BCUT2D eigenvalue weighted by Crippen LogP contribution is -2.45. The van der Waals surface area contributed by atoms with Gasteiger partial charge < -0.3 is 8.85 Å². The smallest absolute Gasteiger partial charge is 0.457 e. The molecule has 0 bridgehead atoms. The molecular formula is C17H22O2Si. The molecular weight excluding hydrogens is 264 g/mol. The first-order valence-electron chi connectivity index (χ1n) is 7.20. The predicted molar refractivity (Wildman–Crippen MR) is 85.5 cm³/mol. The van der Waals surface area contributed by atoms with E-state index >= 15 is 0 Å². The van der Waals surface area contributed by atoms with Crippen molar-refractivity contribution >= 4 is 8.56 Å². The van der Waals surface area contributed by atoms with E-state index in [-0.39, 0.29) is 0 Å². The normalized spacial score (nSPS) is 11.1. The quantitative estimate of drug-likeness (QED) is 0.666.